The number of aromatic nitrogens is 1. The topological polar surface area (TPSA) is 103 Å². The summed E-state index contributed by atoms with van der Waals surface area (Å²) in [6.07, 6.45) is 3.46. The van der Waals surface area contributed by atoms with Crippen molar-refractivity contribution in [3.63, 3.8) is 0 Å². The van der Waals surface area contributed by atoms with Gasteiger partial charge in [-0.25, -0.2) is 0 Å². The van der Waals surface area contributed by atoms with Crippen molar-refractivity contribution in [1.82, 2.24) is 15.2 Å². The summed E-state index contributed by atoms with van der Waals surface area (Å²) in [6, 6.07) is 8.51. The molecule has 3 amide bonds. The normalized spacial score (nSPS) is 16.4. The van der Waals surface area contributed by atoms with Crippen molar-refractivity contribution in [2.24, 2.45) is 0 Å². The molecule has 28 heavy (non-hydrogen) atoms. The quantitative estimate of drug-likeness (QED) is 0.749. The molecule has 0 saturated carbocycles. The fraction of sp³-hybridized carbons (Fsp3) is 0.300. The lowest BCUT2D eigenvalue weighted by atomic mass is 10.0. The zero-order chi connectivity index (χ0) is 20.1. The van der Waals surface area contributed by atoms with Crippen LogP contribution in [0.3, 0.4) is 0 Å². The molecule has 1 aromatic heterocycles. The molecule has 0 aliphatic carbocycles. The SMILES string of the molecule is CC(=O)Nc1cc(NC(C)=O)cc(C(=O)N2CCNCC2c2cccnc2)c1. The maximum absolute atomic E-state index is 13.3. The smallest absolute Gasteiger partial charge is 0.254 e. The first-order chi connectivity index (χ1) is 13.4. The van der Waals surface area contributed by atoms with E-state index in [9.17, 15) is 14.4 Å². The summed E-state index contributed by atoms with van der Waals surface area (Å²) in [5, 5.41) is 8.66. The van der Waals surface area contributed by atoms with Gasteiger partial charge in [-0.2, -0.15) is 0 Å². The lowest BCUT2D eigenvalue weighted by molar-refractivity contribution is -0.115. The van der Waals surface area contributed by atoms with Gasteiger partial charge in [0.2, 0.25) is 11.8 Å². The van der Waals surface area contributed by atoms with Crippen molar-refractivity contribution in [1.29, 1.82) is 0 Å². The third-order valence-electron chi connectivity index (χ3n) is 4.39. The number of nitrogens with one attached hydrogen (secondary N) is 3. The van der Waals surface area contributed by atoms with E-state index in [-0.39, 0.29) is 23.8 Å². The van der Waals surface area contributed by atoms with Crippen LogP contribution < -0.4 is 16.0 Å². The summed E-state index contributed by atoms with van der Waals surface area (Å²) in [5.41, 5.74) is 2.25. The third-order valence-corrected chi connectivity index (χ3v) is 4.39. The van der Waals surface area contributed by atoms with E-state index in [2.05, 4.69) is 20.9 Å². The van der Waals surface area contributed by atoms with Gasteiger partial charge in [-0.3, -0.25) is 19.4 Å². The number of carbonyl (C=O) groups is 3. The lowest BCUT2D eigenvalue weighted by Crippen LogP contribution is -2.48. The molecular formula is C20H23N5O3. The highest BCUT2D eigenvalue weighted by molar-refractivity contribution is 6.00. The van der Waals surface area contributed by atoms with E-state index >= 15 is 0 Å². The predicted molar refractivity (Wildman–Crippen MR) is 106 cm³/mol. The van der Waals surface area contributed by atoms with Crippen molar-refractivity contribution in [3.8, 4) is 0 Å². The number of carbonyl (C=O) groups excluding carboxylic acids is 3. The van der Waals surface area contributed by atoms with E-state index < -0.39 is 0 Å². The Labute approximate surface area is 163 Å². The number of rotatable bonds is 4. The number of pyridine rings is 1. The second-order valence-electron chi connectivity index (χ2n) is 6.67. The van der Waals surface area contributed by atoms with Crippen LogP contribution in [0.25, 0.3) is 0 Å². The van der Waals surface area contributed by atoms with Gasteiger partial charge in [0.25, 0.3) is 5.91 Å². The Hall–Kier alpha value is -3.26. The predicted octanol–water partition coefficient (Wildman–Crippen LogP) is 1.79. The van der Waals surface area contributed by atoms with Gasteiger partial charge in [0.15, 0.2) is 0 Å². The minimum absolute atomic E-state index is 0.149. The highest BCUT2D eigenvalue weighted by Crippen LogP contribution is 2.26. The Morgan fingerprint density at radius 3 is 2.36 bits per heavy atom. The monoisotopic (exact) mass is 381 g/mol. The van der Waals surface area contributed by atoms with Crippen LogP contribution in [0.15, 0.2) is 42.7 Å². The summed E-state index contributed by atoms with van der Waals surface area (Å²) in [5.74, 6) is -0.684. The highest BCUT2D eigenvalue weighted by Gasteiger charge is 2.29. The number of anilines is 2. The first-order valence-electron chi connectivity index (χ1n) is 9.06. The maximum atomic E-state index is 13.3. The molecule has 8 heteroatoms. The molecule has 146 valence electrons. The molecule has 3 N–H and O–H groups in total. The van der Waals surface area contributed by atoms with Crippen LogP contribution in [0.4, 0.5) is 11.4 Å². The summed E-state index contributed by atoms with van der Waals surface area (Å²) >= 11 is 0. The van der Waals surface area contributed by atoms with Gasteiger partial charge < -0.3 is 20.9 Å². The van der Waals surface area contributed by atoms with Crippen LogP contribution >= 0.6 is 0 Å². The Balaban J connectivity index is 1.94. The molecule has 2 aromatic rings. The van der Waals surface area contributed by atoms with Gasteiger partial charge in [0.05, 0.1) is 6.04 Å². The van der Waals surface area contributed by atoms with Crippen molar-refractivity contribution in [3.05, 3.63) is 53.9 Å². The number of piperazine rings is 1. The second kappa shape index (κ2) is 8.62. The first-order valence-corrected chi connectivity index (χ1v) is 9.06. The molecule has 2 heterocycles. The summed E-state index contributed by atoms with van der Waals surface area (Å²) in [7, 11) is 0. The molecule has 8 nitrogen and oxygen atoms in total. The molecule has 3 rings (SSSR count). The fourth-order valence-corrected chi connectivity index (χ4v) is 3.29. The van der Waals surface area contributed by atoms with Gasteiger partial charge in [-0.15, -0.1) is 0 Å². The second-order valence-corrected chi connectivity index (χ2v) is 6.67. The molecule has 1 aliphatic heterocycles. The fourth-order valence-electron chi connectivity index (χ4n) is 3.29. The Bertz CT molecular complexity index is 850. The van der Waals surface area contributed by atoms with Crippen molar-refractivity contribution in [2.75, 3.05) is 30.3 Å². The number of nitrogens with zero attached hydrogens (tertiary/aromatic N) is 2. The van der Waals surface area contributed by atoms with Gasteiger partial charge in [0, 0.05) is 62.8 Å². The summed E-state index contributed by atoms with van der Waals surface area (Å²) in [6.45, 7) is 4.63. The van der Waals surface area contributed by atoms with E-state index in [0.717, 1.165) is 5.56 Å². The maximum Gasteiger partial charge on any atom is 0.254 e. The van der Waals surface area contributed by atoms with Crippen molar-refractivity contribution < 1.29 is 14.4 Å². The Morgan fingerprint density at radius 2 is 1.79 bits per heavy atom. The largest absolute Gasteiger partial charge is 0.329 e. The van der Waals surface area contributed by atoms with E-state index in [4.69, 9.17) is 0 Å². The number of benzene rings is 1. The molecule has 1 aliphatic rings. The average Bonchev–Trinajstić information content (AvgIpc) is 2.67. The zero-order valence-corrected chi connectivity index (χ0v) is 15.9. The van der Waals surface area contributed by atoms with Crippen molar-refractivity contribution >= 4 is 29.1 Å². The molecule has 1 unspecified atom stereocenters. The molecular weight excluding hydrogens is 358 g/mol. The van der Waals surface area contributed by atoms with Gasteiger partial charge in [0.1, 0.15) is 0 Å². The number of hydrogen-bond donors (Lipinski definition) is 3. The van der Waals surface area contributed by atoms with E-state index in [1.54, 1.807) is 35.5 Å². The Morgan fingerprint density at radius 1 is 1.11 bits per heavy atom. The van der Waals surface area contributed by atoms with Crippen LogP contribution in [0, 0.1) is 0 Å². The van der Waals surface area contributed by atoms with Crippen LogP contribution in [-0.2, 0) is 9.59 Å². The Kier molecular flexibility index (Phi) is 6.00. The van der Waals surface area contributed by atoms with Crippen LogP contribution in [0.2, 0.25) is 0 Å². The zero-order valence-electron chi connectivity index (χ0n) is 15.9. The first kappa shape index (κ1) is 19.5. The van der Waals surface area contributed by atoms with Gasteiger partial charge in [-0.1, -0.05) is 6.07 Å². The summed E-state index contributed by atoms with van der Waals surface area (Å²) < 4.78 is 0. The van der Waals surface area contributed by atoms with Crippen LogP contribution in [-0.4, -0.2) is 47.2 Å². The number of amides is 3. The minimum atomic E-state index is -0.256. The number of hydrogen-bond acceptors (Lipinski definition) is 5. The molecule has 1 fully saturated rings. The molecule has 0 spiro atoms. The molecule has 1 atom stereocenters. The van der Waals surface area contributed by atoms with Crippen molar-refractivity contribution in [2.45, 2.75) is 19.9 Å². The summed E-state index contributed by atoms with van der Waals surface area (Å²) in [4.78, 5) is 42.2. The van der Waals surface area contributed by atoms with Gasteiger partial charge in [-0.05, 0) is 29.8 Å². The molecule has 1 saturated heterocycles. The van der Waals surface area contributed by atoms with E-state index in [1.165, 1.54) is 13.8 Å². The highest BCUT2D eigenvalue weighted by atomic mass is 16.2. The standard InChI is InChI=1S/C20H23N5O3/c1-13(26)23-17-8-16(9-18(10-17)24-14(2)27)20(28)25-7-6-22-12-19(25)15-4-3-5-21-11-15/h3-5,8-11,19,22H,6-7,12H2,1-2H3,(H,23,26)(H,24,27). The van der Waals surface area contributed by atoms with Gasteiger partial charge >= 0.3 is 0 Å². The van der Waals surface area contributed by atoms with E-state index in [1.807, 2.05) is 12.1 Å². The molecule has 0 radical (unpaired) electrons. The molecule has 1 aromatic carbocycles. The van der Waals surface area contributed by atoms with Crippen LogP contribution in [0.1, 0.15) is 35.8 Å². The third kappa shape index (κ3) is 4.72. The van der Waals surface area contributed by atoms with Crippen LogP contribution in [0.5, 0.6) is 0 Å². The molecule has 0 bridgehead atoms. The minimum Gasteiger partial charge on any atom is -0.329 e. The van der Waals surface area contributed by atoms with E-state index in [0.29, 0.717) is 36.6 Å². The average molecular weight is 381 g/mol. The lowest BCUT2D eigenvalue weighted by Gasteiger charge is -2.36.